The maximum Gasteiger partial charge on any atom is 0.277 e. The Bertz CT molecular complexity index is 838. The summed E-state index contributed by atoms with van der Waals surface area (Å²) in [7, 11) is 0. The third-order valence-corrected chi connectivity index (χ3v) is 4.03. The molecule has 1 aromatic carbocycles. The molecule has 8 heteroatoms. The second-order valence-corrected chi connectivity index (χ2v) is 7.53. The van der Waals surface area contributed by atoms with Gasteiger partial charge in [0.25, 0.3) is 11.1 Å². The van der Waals surface area contributed by atoms with Crippen LogP contribution in [-0.4, -0.2) is 20.4 Å². The fourth-order valence-corrected chi connectivity index (χ4v) is 2.56. The fraction of sp³-hybridized carbons (Fsp3) is 0.412. The molecule has 0 bridgehead atoms. The van der Waals surface area contributed by atoms with Crippen LogP contribution in [0.15, 0.2) is 38.3 Å². The molecule has 0 aliphatic rings. The first kappa shape index (κ1) is 17.5. The van der Waals surface area contributed by atoms with Crippen molar-refractivity contribution < 1.29 is 13.6 Å². The van der Waals surface area contributed by atoms with Gasteiger partial charge < -0.3 is 13.6 Å². The molecular weight excluding hydrogens is 340 g/mol. The number of thioether (sulfide) groups is 1. The first-order chi connectivity index (χ1) is 11.9. The summed E-state index contributed by atoms with van der Waals surface area (Å²) in [5, 5.41) is 16.5. The van der Waals surface area contributed by atoms with Crippen molar-refractivity contribution >= 4 is 11.8 Å². The van der Waals surface area contributed by atoms with Crippen LogP contribution in [0.1, 0.15) is 44.0 Å². The first-order valence-electron chi connectivity index (χ1n) is 7.87. The Morgan fingerprint density at radius 2 is 1.84 bits per heavy atom. The van der Waals surface area contributed by atoms with E-state index in [-0.39, 0.29) is 12.0 Å². The van der Waals surface area contributed by atoms with Gasteiger partial charge in [0, 0.05) is 5.41 Å². The number of hydrogen-bond acceptors (Lipinski definition) is 8. The van der Waals surface area contributed by atoms with Crippen LogP contribution in [0.2, 0.25) is 0 Å². The lowest BCUT2D eigenvalue weighted by Crippen LogP contribution is -2.11. The van der Waals surface area contributed by atoms with E-state index in [4.69, 9.17) is 13.6 Å². The number of benzene rings is 1. The molecule has 3 rings (SSSR count). The SMILES string of the molecule is Cc1cccc(OCc2nnc(SCc3nnc(C(C)(C)C)o3)o2)c1. The lowest BCUT2D eigenvalue weighted by Gasteiger charge is -2.10. The summed E-state index contributed by atoms with van der Waals surface area (Å²) in [5.74, 6) is 2.81. The Kier molecular flexibility index (Phi) is 5.08. The molecule has 0 N–H and O–H groups in total. The van der Waals surface area contributed by atoms with E-state index in [0.717, 1.165) is 11.3 Å². The Balaban J connectivity index is 1.52. The first-order valence-corrected chi connectivity index (χ1v) is 8.86. The zero-order chi connectivity index (χ0) is 17.9. The predicted octanol–water partition coefficient (Wildman–Crippen LogP) is 3.93. The van der Waals surface area contributed by atoms with E-state index in [1.165, 1.54) is 11.8 Å². The molecular formula is C17H20N4O3S. The molecule has 0 atom stereocenters. The van der Waals surface area contributed by atoms with Crippen LogP contribution in [0.4, 0.5) is 0 Å². The zero-order valence-electron chi connectivity index (χ0n) is 14.6. The van der Waals surface area contributed by atoms with Crippen molar-refractivity contribution in [1.29, 1.82) is 0 Å². The molecule has 0 amide bonds. The van der Waals surface area contributed by atoms with Crippen molar-refractivity contribution in [1.82, 2.24) is 20.4 Å². The molecule has 0 spiro atoms. The quantitative estimate of drug-likeness (QED) is 0.611. The van der Waals surface area contributed by atoms with Crippen LogP contribution in [0.3, 0.4) is 0 Å². The summed E-state index contributed by atoms with van der Waals surface area (Å²) in [6.07, 6.45) is 0. The second-order valence-electron chi connectivity index (χ2n) is 6.61. The van der Waals surface area contributed by atoms with E-state index >= 15 is 0 Å². The molecule has 0 aliphatic carbocycles. The topological polar surface area (TPSA) is 87.1 Å². The van der Waals surface area contributed by atoms with Crippen LogP contribution in [0.5, 0.6) is 5.75 Å². The van der Waals surface area contributed by atoms with Gasteiger partial charge in [0.15, 0.2) is 6.61 Å². The fourth-order valence-electron chi connectivity index (χ4n) is 1.94. The molecule has 0 saturated heterocycles. The molecule has 0 fully saturated rings. The van der Waals surface area contributed by atoms with Gasteiger partial charge in [-0.2, -0.15) is 0 Å². The highest BCUT2D eigenvalue weighted by atomic mass is 32.2. The van der Waals surface area contributed by atoms with Gasteiger partial charge in [-0.3, -0.25) is 0 Å². The van der Waals surface area contributed by atoms with Crippen molar-refractivity contribution in [3.8, 4) is 5.75 Å². The number of aryl methyl sites for hydroxylation is 1. The van der Waals surface area contributed by atoms with Crippen molar-refractivity contribution in [2.45, 2.75) is 50.7 Å². The molecule has 0 unspecified atom stereocenters. The standard InChI is InChI=1S/C17H20N4O3S/c1-11-6-5-7-12(8-11)22-9-13-18-21-16(24-13)25-10-14-19-20-15(23-14)17(2,3)4/h5-8H,9-10H2,1-4H3. The number of rotatable bonds is 6. The summed E-state index contributed by atoms with van der Waals surface area (Å²) >= 11 is 1.35. The molecule has 0 aliphatic heterocycles. The number of aromatic nitrogens is 4. The van der Waals surface area contributed by atoms with Crippen molar-refractivity contribution in [3.05, 3.63) is 47.5 Å². The zero-order valence-corrected chi connectivity index (χ0v) is 15.5. The Hall–Kier alpha value is -2.35. The molecule has 0 radical (unpaired) electrons. The van der Waals surface area contributed by atoms with E-state index in [0.29, 0.717) is 28.6 Å². The van der Waals surface area contributed by atoms with Gasteiger partial charge >= 0.3 is 0 Å². The summed E-state index contributed by atoms with van der Waals surface area (Å²) in [6, 6.07) is 7.79. The van der Waals surface area contributed by atoms with E-state index in [9.17, 15) is 0 Å². The summed E-state index contributed by atoms with van der Waals surface area (Å²) in [4.78, 5) is 0. The van der Waals surface area contributed by atoms with Crippen LogP contribution in [0.25, 0.3) is 0 Å². The van der Waals surface area contributed by atoms with E-state index in [2.05, 4.69) is 20.4 Å². The van der Waals surface area contributed by atoms with Crippen LogP contribution in [0, 0.1) is 6.92 Å². The predicted molar refractivity (Wildman–Crippen MR) is 92.4 cm³/mol. The molecule has 25 heavy (non-hydrogen) atoms. The lowest BCUT2D eigenvalue weighted by molar-refractivity contribution is 0.252. The smallest absolute Gasteiger partial charge is 0.277 e. The van der Waals surface area contributed by atoms with E-state index in [1.807, 2.05) is 52.0 Å². The molecule has 0 saturated carbocycles. The minimum atomic E-state index is -0.166. The Morgan fingerprint density at radius 1 is 1.04 bits per heavy atom. The van der Waals surface area contributed by atoms with Gasteiger partial charge in [-0.15, -0.1) is 20.4 Å². The minimum absolute atomic E-state index is 0.166. The van der Waals surface area contributed by atoms with Crippen LogP contribution >= 0.6 is 11.8 Å². The van der Waals surface area contributed by atoms with Crippen LogP contribution < -0.4 is 4.74 Å². The van der Waals surface area contributed by atoms with Gasteiger partial charge in [0.1, 0.15) is 5.75 Å². The van der Waals surface area contributed by atoms with E-state index < -0.39 is 0 Å². The normalized spacial score (nSPS) is 11.7. The number of nitrogens with zero attached hydrogens (tertiary/aromatic N) is 4. The highest BCUT2D eigenvalue weighted by Crippen LogP contribution is 2.25. The van der Waals surface area contributed by atoms with Crippen molar-refractivity contribution in [2.75, 3.05) is 0 Å². The number of hydrogen-bond donors (Lipinski definition) is 0. The maximum atomic E-state index is 5.64. The largest absolute Gasteiger partial charge is 0.484 e. The third-order valence-electron chi connectivity index (χ3n) is 3.23. The molecule has 132 valence electrons. The van der Waals surface area contributed by atoms with Gasteiger partial charge in [0.05, 0.1) is 5.75 Å². The second kappa shape index (κ2) is 7.26. The monoisotopic (exact) mass is 360 g/mol. The van der Waals surface area contributed by atoms with Crippen molar-refractivity contribution in [2.24, 2.45) is 0 Å². The molecule has 2 aromatic heterocycles. The van der Waals surface area contributed by atoms with Crippen LogP contribution in [-0.2, 0) is 17.8 Å². The van der Waals surface area contributed by atoms with Gasteiger partial charge in [-0.25, -0.2) is 0 Å². The van der Waals surface area contributed by atoms with Gasteiger partial charge in [-0.1, -0.05) is 44.7 Å². The lowest BCUT2D eigenvalue weighted by atomic mass is 9.97. The summed E-state index contributed by atoms with van der Waals surface area (Å²) < 4.78 is 16.8. The summed E-state index contributed by atoms with van der Waals surface area (Å²) in [6.45, 7) is 8.31. The summed E-state index contributed by atoms with van der Waals surface area (Å²) in [5.41, 5.74) is 0.967. The Labute approximate surface area is 150 Å². The van der Waals surface area contributed by atoms with Crippen molar-refractivity contribution in [3.63, 3.8) is 0 Å². The molecule has 3 aromatic rings. The van der Waals surface area contributed by atoms with E-state index in [1.54, 1.807) is 0 Å². The third kappa shape index (κ3) is 4.82. The maximum absolute atomic E-state index is 5.64. The number of ether oxygens (including phenoxy) is 1. The molecule has 7 nitrogen and oxygen atoms in total. The minimum Gasteiger partial charge on any atom is -0.484 e. The van der Waals surface area contributed by atoms with Gasteiger partial charge in [-0.05, 0) is 24.6 Å². The highest BCUT2D eigenvalue weighted by molar-refractivity contribution is 7.98. The molecule has 2 heterocycles. The average molecular weight is 360 g/mol. The highest BCUT2D eigenvalue weighted by Gasteiger charge is 2.21. The average Bonchev–Trinajstić information content (AvgIpc) is 3.20. The Morgan fingerprint density at radius 3 is 2.56 bits per heavy atom. The van der Waals surface area contributed by atoms with Gasteiger partial charge in [0.2, 0.25) is 11.8 Å².